The van der Waals surface area contributed by atoms with Gasteiger partial charge in [-0.1, -0.05) is 18.7 Å². The summed E-state index contributed by atoms with van der Waals surface area (Å²) in [6.45, 7) is 3.66. The molecule has 0 aromatic carbocycles. The predicted molar refractivity (Wildman–Crippen MR) is 53.3 cm³/mol. The van der Waals surface area contributed by atoms with Crippen molar-refractivity contribution in [3.05, 3.63) is 5.82 Å². The van der Waals surface area contributed by atoms with Crippen molar-refractivity contribution in [2.45, 2.75) is 37.1 Å². The van der Waals surface area contributed by atoms with Crippen LogP contribution in [0.25, 0.3) is 0 Å². The van der Waals surface area contributed by atoms with Gasteiger partial charge in [0, 0.05) is 6.42 Å². The Balaban J connectivity index is 2.55. The SMILES string of the molecule is CCCc1nc(S[C@H](C)C(=O)O)n[nH]1. The molecule has 0 spiro atoms. The van der Waals surface area contributed by atoms with Crippen molar-refractivity contribution >= 4 is 17.7 Å². The summed E-state index contributed by atoms with van der Waals surface area (Å²) in [5.74, 6) is -0.0376. The molecule has 1 aromatic rings. The Morgan fingerprint density at radius 2 is 2.43 bits per heavy atom. The van der Waals surface area contributed by atoms with Gasteiger partial charge in [-0.2, -0.15) is 0 Å². The molecular formula is C8H13N3O2S. The first-order valence-corrected chi connectivity index (χ1v) is 5.32. The second-order valence-electron chi connectivity index (χ2n) is 2.91. The van der Waals surface area contributed by atoms with Gasteiger partial charge in [-0.05, 0) is 13.3 Å². The van der Waals surface area contributed by atoms with Crippen LogP contribution in [-0.2, 0) is 11.2 Å². The highest BCUT2D eigenvalue weighted by atomic mass is 32.2. The second kappa shape index (κ2) is 4.99. The molecule has 0 saturated carbocycles. The molecule has 78 valence electrons. The topological polar surface area (TPSA) is 78.9 Å². The Bertz CT molecular complexity index is 313. The van der Waals surface area contributed by atoms with Gasteiger partial charge in [0.2, 0.25) is 5.16 Å². The molecule has 0 unspecified atom stereocenters. The summed E-state index contributed by atoms with van der Waals surface area (Å²) in [7, 11) is 0. The summed E-state index contributed by atoms with van der Waals surface area (Å²) >= 11 is 1.15. The van der Waals surface area contributed by atoms with Gasteiger partial charge in [-0.15, -0.1) is 5.10 Å². The van der Waals surface area contributed by atoms with Gasteiger partial charge in [0.1, 0.15) is 11.1 Å². The van der Waals surface area contributed by atoms with Crippen LogP contribution in [0.5, 0.6) is 0 Å². The molecule has 0 fully saturated rings. The number of nitrogens with zero attached hydrogens (tertiary/aromatic N) is 2. The molecule has 1 atom stereocenters. The van der Waals surface area contributed by atoms with Crippen molar-refractivity contribution in [2.24, 2.45) is 0 Å². The number of aryl methyl sites for hydroxylation is 1. The Kier molecular flexibility index (Phi) is 3.94. The smallest absolute Gasteiger partial charge is 0.316 e. The number of thioether (sulfide) groups is 1. The fourth-order valence-electron chi connectivity index (χ4n) is 0.888. The van der Waals surface area contributed by atoms with E-state index in [1.165, 1.54) is 0 Å². The average Bonchev–Trinajstić information content (AvgIpc) is 2.53. The van der Waals surface area contributed by atoms with E-state index in [0.29, 0.717) is 5.16 Å². The Morgan fingerprint density at radius 3 is 3.00 bits per heavy atom. The molecule has 1 rings (SSSR count). The fourth-order valence-corrected chi connectivity index (χ4v) is 1.57. The quantitative estimate of drug-likeness (QED) is 0.724. The number of carboxylic acid groups (broad SMARTS) is 1. The molecule has 0 radical (unpaired) electrons. The van der Waals surface area contributed by atoms with Gasteiger partial charge in [0.25, 0.3) is 0 Å². The van der Waals surface area contributed by atoms with Crippen molar-refractivity contribution in [1.29, 1.82) is 0 Å². The first-order chi connectivity index (χ1) is 6.63. The number of hydrogen-bond donors (Lipinski definition) is 2. The molecule has 14 heavy (non-hydrogen) atoms. The molecule has 0 aliphatic rings. The number of H-pyrrole nitrogens is 1. The maximum absolute atomic E-state index is 10.5. The number of aromatic nitrogens is 3. The number of aliphatic carboxylic acids is 1. The Hall–Kier alpha value is -1.04. The summed E-state index contributed by atoms with van der Waals surface area (Å²) in [4.78, 5) is 14.7. The number of carboxylic acids is 1. The van der Waals surface area contributed by atoms with Crippen LogP contribution >= 0.6 is 11.8 Å². The summed E-state index contributed by atoms with van der Waals surface area (Å²) in [6, 6.07) is 0. The molecule has 0 saturated heterocycles. The third kappa shape index (κ3) is 3.02. The first kappa shape index (κ1) is 11.0. The van der Waals surface area contributed by atoms with Crippen LogP contribution in [0, 0.1) is 0 Å². The van der Waals surface area contributed by atoms with E-state index in [4.69, 9.17) is 5.11 Å². The van der Waals surface area contributed by atoms with Crippen molar-refractivity contribution in [3.8, 4) is 0 Å². The first-order valence-electron chi connectivity index (χ1n) is 4.44. The van der Waals surface area contributed by atoms with Gasteiger partial charge in [-0.25, -0.2) is 4.98 Å². The summed E-state index contributed by atoms with van der Waals surface area (Å²) < 4.78 is 0. The van der Waals surface area contributed by atoms with E-state index in [9.17, 15) is 4.79 Å². The normalized spacial score (nSPS) is 12.7. The van der Waals surface area contributed by atoms with E-state index < -0.39 is 11.2 Å². The lowest BCUT2D eigenvalue weighted by molar-refractivity contribution is -0.136. The van der Waals surface area contributed by atoms with Gasteiger partial charge < -0.3 is 5.11 Å². The fraction of sp³-hybridized carbons (Fsp3) is 0.625. The van der Waals surface area contributed by atoms with Crippen LogP contribution in [0.3, 0.4) is 0 Å². The molecular weight excluding hydrogens is 202 g/mol. The molecule has 0 aliphatic carbocycles. The van der Waals surface area contributed by atoms with Crippen molar-refractivity contribution in [3.63, 3.8) is 0 Å². The van der Waals surface area contributed by atoms with Gasteiger partial charge in [0.15, 0.2) is 0 Å². The summed E-state index contributed by atoms with van der Waals surface area (Å²) in [5.41, 5.74) is 0. The lowest BCUT2D eigenvalue weighted by Gasteiger charge is -1.99. The largest absolute Gasteiger partial charge is 0.480 e. The minimum atomic E-state index is -0.850. The van der Waals surface area contributed by atoms with Gasteiger partial charge >= 0.3 is 5.97 Å². The average molecular weight is 215 g/mol. The van der Waals surface area contributed by atoms with Crippen LogP contribution in [0.2, 0.25) is 0 Å². The summed E-state index contributed by atoms with van der Waals surface area (Å²) in [6.07, 6.45) is 1.84. The molecule has 0 amide bonds. The van der Waals surface area contributed by atoms with Crippen molar-refractivity contribution < 1.29 is 9.90 Å². The highest BCUT2D eigenvalue weighted by Gasteiger charge is 2.15. The highest BCUT2D eigenvalue weighted by Crippen LogP contribution is 2.18. The zero-order valence-corrected chi connectivity index (χ0v) is 8.97. The van der Waals surface area contributed by atoms with Crippen LogP contribution in [0.4, 0.5) is 0 Å². The van der Waals surface area contributed by atoms with E-state index in [2.05, 4.69) is 22.1 Å². The minimum absolute atomic E-state index is 0.503. The molecule has 1 heterocycles. The van der Waals surface area contributed by atoms with Crippen LogP contribution in [0.15, 0.2) is 5.16 Å². The van der Waals surface area contributed by atoms with Crippen LogP contribution in [-0.4, -0.2) is 31.5 Å². The third-order valence-corrected chi connectivity index (χ3v) is 2.58. The van der Waals surface area contributed by atoms with Gasteiger partial charge in [0.05, 0.1) is 0 Å². The minimum Gasteiger partial charge on any atom is -0.480 e. The second-order valence-corrected chi connectivity index (χ2v) is 4.22. The number of carbonyl (C=O) groups is 1. The molecule has 0 aliphatic heterocycles. The highest BCUT2D eigenvalue weighted by molar-refractivity contribution is 8.00. The maximum Gasteiger partial charge on any atom is 0.316 e. The number of aromatic amines is 1. The molecule has 6 heteroatoms. The Labute approximate surface area is 86.3 Å². The predicted octanol–water partition coefficient (Wildman–Crippen LogP) is 1.32. The zero-order valence-electron chi connectivity index (χ0n) is 8.15. The Morgan fingerprint density at radius 1 is 1.71 bits per heavy atom. The number of nitrogens with one attached hydrogen (secondary N) is 1. The molecule has 1 aromatic heterocycles. The summed E-state index contributed by atoms with van der Waals surface area (Å²) in [5, 5.41) is 15.4. The lowest BCUT2D eigenvalue weighted by atomic mass is 10.3. The van der Waals surface area contributed by atoms with Crippen LogP contribution in [0.1, 0.15) is 26.1 Å². The van der Waals surface area contributed by atoms with E-state index in [1.54, 1.807) is 6.92 Å². The van der Waals surface area contributed by atoms with Gasteiger partial charge in [-0.3, -0.25) is 9.89 Å². The van der Waals surface area contributed by atoms with E-state index in [0.717, 1.165) is 30.4 Å². The number of rotatable bonds is 5. The maximum atomic E-state index is 10.5. The molecule has 2 N–H and O–H groups in total. The van der Waals surface area contributed by atoms with Crippen molar-refractivity contribution in [2.75, 3.05) is 0 Å². The van der Waals surface area contributed by atoms with Crippen molar-refractivity contribution in [1.82, 2.24) is 15.2 Å². The molecule has 0 bridgehead atoms. The monoisotopic (exact) mass is 215 g/mol. The van der Waals surface area contributed by atoms with E-state index in [-0.39, 0.29) is 0 Å². The lowest BCUT2D eigenvalue weighted by Crippen LogP contribution is -2.11. The van der Waals surface area contributed by atoms with E-state index in [1.807, 2.05) is 0 Å². The standard InChI is InChI=1S/C8H13N3O2S/c1-3-4-6-9-8(11-10-6)14-5(2)7(12)13/h5H,3-4H2,1-2H3,(H,12,13)(H,9,10,11)/t5-/m1/s1. The van der Waals surface area contributed by atoms with E-state index >= 15 is 0 Å². The number of hydrogen-bond acceptors (Lipinski definition) is 4. The van der Waals surface area contributed by atoms with Crippen LogP contribution < -0.4 is 0 Å². The third-order valence-electron chi connectivity index (χ3n) is 1.63. The molecule has 5 nitrogen and oxygen atoms in total. The zero-order chi connectivity index (χ0) is 10.6.